The second-order valence-electron chi connectivity index (χ2n) is 6.18. The lowest BCUT2D eigenvalue weighted by molar-refractivity contribution is 0.0691. The van der Waals surface area contributed by atoms with Crippen LogP contribution in [0.5, 0.6) is 0 Å². The minimum atomic E-state index is -1.01. The Kier molecular flexibility index (Phi) is 3.41. The highest BCUT2D eigenvalue weighted by Crippen LogP contribution is 2.42. The molecule has 1 fully saturated rings. The highest BCUT2D eigenvalue weighted by atomic mass is 16.4. The first kappa shape index (κ1) is 14.6. The van der Waals surface area contributed by atoms with Crippen molar-refractivity contribution < 1.29 is 9.90 Å². The van der Waals surface area contributed by atoms with Crippen molar-refractivity contribution in [2.45, 2.75) is 24.7 Å². The number of hydrogen-bond acceptors (Lipinski definition) is 5. The van der Waals surface area contributed by atoms with E-state index in [9.17, 15) is 4.79 Å². The Morgan fingerprint density at radius 1 is 1.29 bits per heavy atom. The summed E-state index contributed by atoms with van der Waals surface area (Å²) in [6.07, 6.45) is 6.60. The van der Waals surface area contributed by atoms with Crippen molar-refractivity contribution in [3.05, 3.63) is 48.2 Å². The fourth-order valence-electron chi connectivity index (χ4n) is 3.25. The lowest BCUT2D eigenvalue weighted by Gasteiger charge is -2.41. The smallest absolute Gasteiger partial charge is 0.352 e. The molecule has 7 nitrogen and oxygen atoms in total. The van der Waals surface area contributed by atoms with Crippen LogP contribution in [-0.4, -0.2) is 37.6 Å². The number of aromatic nitrogens is 4. The molecule has 0 radical (unpaired) electrons. The third-order valence-corrected chi connectivity index (χ3v) is 4.77. The largest absolute Gasteiger partial charge is 0.477 e. The Morgan fingerprint density at radius 2 is 2.17 bits per heavy atom. The summed E-state index contributed by atoms with van der Waals surface area (Å²) < 4.78 is 0. The summed E-state index contributed by atoms with van der Waals surface area (Å²) in [7, 11) is 0. The number of nitrogens with one attached hydrogen (secondary N) is 2. The number of aromatic carboxylic acids is 1. The third kappa shape index (κ3) is 2.38. The van der Waals surface area contributed by atoms with Gasteiger partial charge in [-0.3, -0.25) is 4.98 Å². The van der Waals surface area contributed by atoms with Crippen LogP contribution < -0.4 is 5.32 Å². The molecule has 3 N–H and O–H groups in total. The first-order valence-electron chi connectivity index (χ1n) is 7.90. The molecule has 3 heterocycles. The van der Waals surface area contributed by atoms with Crippen LogP contribution in [0.2, 0.25) is 0 Å². The van der Waals surface area contributed by atoms with Crippen molar-refractivity contribution in [3.8, 4) is 0 Å². The number of rotatable bonds is 5. The van der Waals surface area contributed by atoms with E-state index >= 15 is 0 Å². The predicted molar refractivity (Wildman–Crippen MR) is 89.1 cm³/mol. The van der Waals surface area contributed by atoms with Gasteiger partial charge in [-0.1, -0.05) is 12.5 Å². The molecule has 0 saturated heterocycles. The van der Waals surface area contributed by atoms with E-state index in [4.69, 9.17) is 5.11 Å². The standard InChI is InChI=1S/C17H17N5O2/c23-16(24)12-8-11-14(20-10-21-15(11)22-12)19-9-17(5-3-6-17)13-4-1-2-7-18-13/h1-2,4,7-8,10H,3,5-6,9H2,(H,23,24)(H2,19,20,21,22). The number of fused-ring (bicyclic) bond motifs is 1. The third-order valence-electron chi connectivity index (χ3n) is 4.77. The molecule has 3 aromatic rings. The average Bonchev–Trinajstić information content (AvgIpc) is 3.00. The molecule has 24 heavy (non-hydrogen) atoms. The van der Waals surface area contributed by atoms with Gasteiger partial charge in [-0.05, 0) is 31.0 Å². The fraction of sp³-hybridized carbons (Fsp3) is 0.294. The van der Waals surface area contributed by atoms with Crippen molar-refractivity contribution >= 4 is 22.8 Å². The zero-order valence-electron chi connectivity index (χ0n) is 13.0. The van der Waals surface area contributed by atoms with Gasteiger partial charge in [-0.2, -0.15) is 0 Å². The topological polar surface area (TPSA) is 104 Å². The van der Waals surface area contributed by atoms with Crippen LogP contribution in [-0.2, 0) is 5.41 Å². The van der Waals surface area contributed by atoms with Gasteiger partial charge in [0.2, 0.25) is 0 Å². The van der Waals surface area contributed by atoms with Gasteiger partial charge >= 0.3 is 5.97 Å². The molecule has 7 heteroatoms. The quantitative estimate of drug-likeness (QED) is 0.667. The van der Waals surface area contributed by atoms with Crippen molar-refractivity contribution in [1.29, 1.82) is 0 Å². The minimum absolute atomic E-state index is 0.0183. The molecule has 122 valence electrons. The predicted octanol–water partition coefficient (Wildman–Crippen LogP) is 2.58. The minimum Gasteiger partial charge on any atom is -0.477 e. The van der Waals surface area contributed by atoms with E-state index in [1.54, 1.807) is 6.07 Å². The Hall–Kier alpha value is -2.96. The molecule has 0 bridgehead atoms. The summed E-state index contributed by atoms with van der Waals surface area (Å²) >= 11 is 0. The van der Waals surface area contributed by atoms with Gasteiger partial charge < -0.3 is 15.4 Å². The van der Waals surface area contributed by atoms with Crippen molar-refractivity contribution in [2.75, 3.05) is 11.9 Å². The molecule has 0 aliphatic heterocycles. The molecule has 4 rings (SSSR count). The maximum absolute atomic E-state index is 11.1. The first-order valence-corrected chi connectivity index (χ1v) is 7.90. The number of hydrogen-bond donors (Lipinski definition) is 3. The Morgan fingerprint density at radius 3 is 2.83 bits per heavy atom. The number of pyridine rings is 1. The molecule has 0 amide bonds. The Labute approximate surface area is 138 Å². The number of H-pyrrole nitrogens is 1. The van der Waals surface area contributed by atoms with Crippen LogP contribution in [0.15, 0.2) is 36.8 Å². The molecule has 0 spiro atoms. The fourth-order valence-corrected chi connectivity index (χ4v) is 3.25. The summed E-state index contributed by atoms with van der Waals surface area (Å²) in [5.74, 6) is -0.367. The second-order valence-corrected chi connectivity index (χ2v) is 6.18. The van der Waals surface area contributed by atoms with Crippen molar-refractivity contribution in [3.63, 3.8) is 0 Å². The van der Waals surface area contributed by atoms with Crippen molar-refractivity contribution in [1.82, 2.24) is 19.9 Å². The second kappa shape index (κ2) is 5.59. The average molecular weight is 323 g/mol. The molecule has 0 unspecified atom stereocenters. The molecule has 3 aromatic heterocycles. The van der Waals surface area contributed by atoms with Gasteiger partial charge in [0.25, 0.3) is 0 Å². The first-order chi connectivity index (χ1) is 11.7. The molecule has 1 saturated carbocycles. The summed E-state index contributed by atoms with van der Waals surface area (Å²) in [4.78, 5) is 26.8. The lowest BCUT2D eigenvalue weighted by Crippen LogP contribution is -2.41. The number of anilines is 1. The zero-order valence-corrected chi connectivity index (χ0v) is 13.0. The van der Waals surface area contributed by atoms with Crippen LogP contribution in [0.4, 0.5) is 5.82 Å². The maximum Gasteiger partial charge on any atom is 0.352 e. The van der Waals surface area contributed by atoms with Crippen LogP contribution in [0, 0.1) is 0 Å². The van der Waals surface area contributed by atoms with E-state index < -0.39 is 5.97 Å². The summed E-state index contributed by atoms with van der Waals surface area (Å²) in [5, 5.41) is 13.2. The number of nitrogens with zero attached hydrogens (tertiary/aromatic N) is 3. The SMILES string of the molecule is O=C(O)c1cc2c(NCC3(c4ccccn4)CCC3)ncnc2[nH]1. The highest BCUT2D eigenvalue weighted by Gasteiger charge is 2.39. The van der Waals surface area contributed by atoms with Gasteiger partial charge in [-0.15, -0.1) is 0 Å². The number of aromatic amines is 1. The van der Waals surface area contributed by atoms with Crippen LogP contribution >= 0.6 is 0 Å². The van der Waals surface area contributed by atoms with E-state index in [1.807, 2.05) is 18.3 Å². The van der Waals surface area contributed by atoms with Crippen LogP contribution in [0.3, 0.4) is 0 Å². The van der Waals surface area contributed by atoms with E-state index in [0.717, 1.165) is 18.5 Å². The van der Waals surface area contributed by atoms with Gasteiger partial charge in [-0.25, -0.2) is 14.8 Å². The summed E-state index contributed by atoms with van der Waals surface area (Å²) in [5.41, 5.74) is 1.74. The molecule has 0 aromatic carbocycles. The molecule has 0 atom stereocenters. The normalized spacial score (nSPS) is 15.8. The number of carboxylic acid groups (broad SMARTS) is 1. The lowest BCUT2D eigenvalue weighted by atomic mass is 9.66. The van der Waals surface area contributed by atoms with Gasteiger partial charge in [0.05, 0.1) is 5.39 Å². The summed E-state index contributed by atoms with van der Waals surface area (Å²) in [6, 6.07) is 7.56. The number of carbonyl (C=O) groups is 1. The van der Waals surface area contributed by atoms with E-state index in [-0.39, 0.29) is 11.1 Å². The molecular formula is C17H17N5O2. The van der Waals surface area contributed by atoms with Crippen LogP contribution in [0.1, 0.15) is 35.4 Å². The van der Waals surface area contributed by atoms with E-state index in [1.165, 1.54) is 12.7 Å². The monoisotopic (exact) mass is 323 g/mol. The van der Waals surface area contributed by atoms with E-state index in [2.05, 4.69) is 31.3 Å². The molecular weight excluding hydrogens is 306 g/mol. The highest BCUT2D eigenvalue weighted by molar-refractivity contribution is 5.96. The van der Waals surface area contributed by atoms with Gasteiger partial charge in [0, 0.05) is 23.9 Å². The Bertz CT molecular complexity index is 886. The van der Waals surface area contributed by atoms with Gasteiger partial charge in [0.15, 0.2) is 0 Å². The van der Waals surface area contributed by atoms with E-state index in [0.29, 0.717) is 23.4 Å². The van der Waals surface area contributed by atoms with Crippen LogP contribution in [0.25, 0.3) is 11.0 Å². The zero-order chi connectivity index (χ0) is 16.6. The maximum atomic E-state index is 11.1. The summed E-state index contributed by atoms with van der Waals surface area (Å²) in [6.45, 7) is 0.712. The van der Waals surface area contributed by atoms with Crippen molar-refractivity contribution in [2.24, 2.45) is 0 Å². The number of carboxylic acids is 1. The Balaban J connectivity index is 1.62. The molecule has 1 aliphatic carbocycles. The van der Waals surface area contributed by atoms with Gasteiger partial charge in [0.1, 0.15) is 23.5 Å². The molecule has 1 aliphatic rings.